The lowest BCUT2D eigenvalue weighted by molar-refractivity contribution is 0.0842. The number of aliphatic hydroxyl groups excluding tert-OH is 1. The molecular formula is C21H23N3O4. The molecule has 3 atom stereocenters. The van der Waals surface area contributed by atoms with Crippen molar-refractivity contribution in [2.24, 2.45) is 5.92 Å². The molecule has 4 rings (SSSR count). The number of benzene rings is 1. The summed E-state index contributed by atoms with van der Waals surface area (Å²) in [7, 11) is 0. The van der Waals surface area contributed by atoms with Crippen molar-refractivity contribution in [3.8, 4) is 5.75 Å². The van der Waals surface area contributed by atoms with Crippen LogP contribution < -0.4 is 10.1 Å². The molecule has 1 unspecified atom stereocenters. The van der Waals surface area contributed by atoms with E-state index in [1.165, 1.54) is 6.26 Å². The smallest absolute Gasteiger partial charge is 0.287 e. The molecule has 1 fully saturated rings. The van der Waals surface area contributed by atoms with Gasteiger partial charge in [0.15, 0.2) is 5.76 Å². The van der Waals surface area contributed by atoms with Crippen LogP contribution in [-0.2, 0) is 13.2 Å². The molecule has 0 bridgehead atoms. The van der Waals surface area contributed by atoms with E-state index in [1.807, 2.05) is 47.3 Å². The van der Waals surface area contributed by atoms with Crippen LogP contribution in [0.2, 0.25) is 0 Å². The Bertz CT molecular complexity index is 892. The molecule has 0 saturated heterocycles. The molecule has 2 heterocycles. The molecule has 28 heavy (non-hydrogen) atoms. The molecule has 0 radical (unpaired) electrons. The van der Waals surface area contributed by atoms with E-state index >= 15 is 0 Å². The standard InChI is InChI=1S/C21H23N3O4/c25-19-12-15(13-24-9-4-8-22-24)11-18(19)23-21(26)20-16(7-10-27-20)14-28-17-5-2-1-3-6-17/h1-10,15,18-19,25H,11-14H2,(H,23,26)/t15?,18-,19-/m1/s1. The molecule has 1 aliphatic carbocycles. The van der Waals surface area contributed by atoms with Gasteiger partial charge in [0, 0.05) is 24.5 Å². The van der Waals surface area contributed by atoms with Gasteiger partial charge in [-0.25, -0.2) is 0 Å². The zero-order valence-electron chi connectivity index (χ0n) is 15.4. The summed E-state index contributed by atoms with van der Waals surface area (Å²) in [5, 5.41) is 17.5. The van der Waals surface area contributed by atoms with Crippen LogP contribution in [0.4, 0.5) is 0 Å². The Morgan fingerprint density at radius 1 is 1.25 bits per heavy atom. The molecule has 1 amide bonds. The average Bonchev–Trinajstić information content (AvgIpc) is 3.44. The van der Waals surface area contributed by atoms with E-state index in [1.54, 1.807) is 12.3 Å². The SMILES string of the molecule is O=C(N[C@@H]1CC(Cn2cccn2)C[C@H]1O)c1occc1COc1ccccc1. The zero-order chi connectivity index (χ0) is 19.3. The van der Waals surface area contributed by atoms with Crippen molar-refractivity contribution in [1.29, 1.82) is 0 Å². The third kappa shape index (κ3) is 4.26. The van der Waals surface area contributed by atoms with Gasteiger partial charge in [0.1, 0.15) is 12.4 Å². The largest absolute Gasteiger partial charge is 0.489 e. The van der Waals surface area contributed by atoms with Gasteiger partial charge in [-0.15, -0.1) is 0 Å². The minimum absolute atomic E-state index is 0.221. The van der Waals surface area contributed by atoms with Crippen LogP contribution in [0.3, 0.4) is 0 Å². The van der Waals surface area contributed by atoms with Crippen LogP contribution >= 0.6 is 0 Å². The van der Waals surface area contributed by atoms with Gasteiger partial charge in [0.2, 0.25) is 0 Å². The molecule has 0 aliphatic heterocycles. The summed E-state index contributed by atoms with van der Waals surface area (Å²) in [5.74, 6) is 0.875. The monoisotopic (exact) mass is 381 g/mol. The number of carbonyl (C=O) groups excluding carboxylic acids is 1. The first-order valence-corrected chi connectivity index (χ1v) is 9.39. The fraction of sp³-hybridized carbons (Fsp3) is 0.333. The Morgan fingerprint density at radius 2 is 2.11 bits per heavy atom. The van der Waals surface area contributed by atoms with Crippen LogP contribution in [0, 0.1) is 5.92 Å². The quantitative estimate of drug-likeness (QED) is 0.657. The van der Waals surface area contributed by atoms with Gasteiger partial charge in [0.05, 0.1) is 18.4 Å². The van der Waals surface area contributed by atoms with Gasteiger partial charge in [-0.05, 0) is 43.0 Å². The molecular weight excluding hydrogens is 358 g/mol. The number of carbonyl (C=O) groups is 1. The van der Waals surface area contributed by atoms with E-state index in [9.17, 15) is 9.90 Å². The lowest BCUT2D eigenvalue weighted by Crippen LogP contribution is -2.40. The van der Waals surface area contributed by atoms with Crippen molar-refractivity contribution < 1.29 is 19.1 Å². The minimum atomic E-state index is -0.580. The Hall–Kier alpha value is -3.06. The van der Waals surface area contributed by atoms with Crippen molar-refractivity contribution in [1.82, 2.24) is 15.1 Å². The molecule has 7 heteroatoms. The Kier molecular flexibility index (Phi) is 5.43. The summed E-state index contributed by atoms with van der Waals surface area (Å²) >= 11 is 0. The maximum absolute atomic E-state index is 12.7. The fourth-order valence-electron chi connectivity index (χ4n) is 3.66. The third-order valence-electron chi connectivity index (χ3n) is 5.04. The highest BCUT2D eigenvalue weighted by Crippen LogP contribution is 2.28. The maximum Gasteiger partial charge on any atom is 0.287 e. The number of ether oxygens (including phenoxy) is 1. The molecule has 1 aliphatic rings. The highest BCUT2D eigenvalue weighted by Gasteiger charge is 2.35. The average molecular weight is 381 g/mol. The van der Waals surface area contributed by atoms with Crippen molar-refractivity contribution in [2.75, 3.05) is 0 Å². The van der Waals surface area contributed by atoms with Crippen molar-refractivity contribution in [3.05, 3.63) is 72.4 Å². The van der Waals surface area contributed by atoms with Gasteiger partial charge in [-0.2, -0.15) is 5.10 Å². The number of hydrogen-bond donors (Lipinski definition) is 2. The second kappa shape index (κ2) is 8.31. The summed E-state index contributed by atoms with van der Waals surface area (Å²) in [4.78, 5) is 12.7. The van der Waals surface area contributed by atoms with Crippen molar-refractivity contribution in [3.63, 3.8) is 0 Å². The summed E-state index contributed by atoms with van der Waals surface area (Å²) in [6.07, 6.45) is 5.87. The number of rotatable bonds is 7. The van der Waals surface area contributed by atoms with Crippen molar-refractivity contribution >= 4 is 5.91 Å². The van der Waals surface area contributed by atoms with E-state index in [0.717, 1.165) is 12.3 Å². The van der Waals surface area contributed by atoms with Crippen LogP contribution in [-0.4, -0.2) is 32.9 Å². The lowest BCUT2D eigenvalue weighted by atomic mass is 10.1. The van der Waals surface area contributed by atoms with E-state index in [-0.39, 0.29) is 30.2 Å². The number of furan rings is 1. The van der Waals surface area contributed by atoms with Crippen LogP contribution in [0.1, 0.15) is 29.0 Å². The first-order chi connectivity index (χ1) is 13.7. The predicted molar refractivity (Wildman–Crippen MR) is 102 cm³/mol. The molecule has 3 aromatic rings. The van der Waals surface area contributed by atoms with Crippen LogP contribution in [0.25, 0.3) is 0 Å². The molecule has 0 spiro atoms. The number of amides is 1. The fourth-order valence-corrected chi connectivity index (χ4v) is 3.66. The summed E-state index contributed by atoms with van der Waals surface area (Å²) in [6, 6.07) is 12.7. The van der Waals surface area contributed by atoms with E-state index in [4.69, 9.17) is 9.15 Å². The molecule has 2 N–H and O–H groups in total. The summed E-state index contributed by atoms with van der Waals surface area (Å²) < 4.78 is 12.9. The number of aromatic nitrogens is 2. The first kappa shape index (κ1) is 18.3. The van der Waals surface area contributed by atoms with E-state index in [0.29, 0.717) is 18.4 Å². The highest BCUT2D eigenvalue weighted by molar-refractivity contribution is 5.93. The first-order valence-electron chi connectivity index (χ1n) is 9.39. The second-order valence-electron chi connectivity index (χ2n) is 7.09. The molecule has 2 aromatic heterocycles. The van der Waals surface area contributed by atoms with Gasteiger partial charge in [-0.1, -0.05) is 18.2 Å². The number of aliphatic hydroxyl groups is 1. The molecule has 1 aromatic carbocycles. The number of hydrogen-bond acceptors (Lipinski definition) is 5. The lowest BCUT2D eigenvalue weighted by Gasteiger charge is -2.16. The van der Waals surface area contributed by atoms with Crippen LogP contribution in [0.5, 0.6) is 5.75 Å². The maximum atomic E-state index is 12.7. The Morgan fingerprint density at radius 3 is 2.89 bits per heavy atom. The van der Waals surface area contributed by atoms with E-state index < -0.39 is 6.10 Å². The van der Waals surface area contributed by atoms with Crippen LogP contribution in [0.15, 0.2) is 65.5 Å². The van der Waals surface area contributed by atoms with Gasteiger partial charge < -0.3 is 19.6 Å². The zero-order valence-corrected chi connectivity index (χ0v) is 15.4. The van der Waals surface area contributed by atoms with Gasteiger partial charge in [0.25, 0.3) is 5.91 Å². The highest BCUT2D eigenvalue weighted by atomic mass is 16.5. The number of para-hydroxylation sites is 1. The van der Waals surface area contributed by atoms with Gasteiger partial charge >= 0.3 is 0 Å². The number of nitrogens with zero attached hydrogens (tertiary/aromatic N) is 2. The molecule has 7 nitrogen and oxygen atoms in total. The van der Waals surface area contributed by atoms with Crippen molar-refractivity contribution in [2.45, 2.75) is 38.1 Å². The molecule has 146 valence electrons. The van der Waals surface area contributed by atoms with E-state index in [2.05, 4.69) is 10.4 Å². The summed E-state index contributed by atoms with van der Waals surface area (Å²) in [5.41, 5.74) is 0.668. The Balaban J connectivity index is 1.34. The Labute approximate surface area is 162 Å². The third-order valence-corrected chi connectivity index (χ3v) is 5.04. The second-order valence-corrected chi connectivity index (χ2v) is 7.09. The minimum Gasteiger partial charge on any atom is -0.489 e. The normalized spacial score (nSPS) is 21.5. The topological polar surface area (TPSA) is 89.5 Å². The summed E-state index contributed by atoms with van der Waals surface area (Å²) in [6.45, 7) is 0.964. The van der Waals surface area contributed by atoms with Gasteiger partial charge in [-0.3, -0.25) is 9.48 Å². The molecule has 1 saturated carbocycles. The number of nitrogens with one attached hydrogen (secondary N) is 1. The predicted octanol–water partition coefficient (Wildman–Crippen LogP) is 2.62.